The number of amides is 2. The number of carbonyl (C=O) groups is 2. The summed E-state index contributed by atoms with van der Waals surface area (Å²) in [5.74, 6) is 0.208. The molecular weight excluding hydrogens is 306 g/mol. The Morgan fingerprint density at radius 3 is 2.77 bits per heavy atom. The summed E-state index contributed by atoms with van der Waals surface area (Å²) in [6.45, 7) is 0.457. The van der Waals surface area contributed by atoms with Crippen LogP contribution in [0.4, 0.5) is 5.69 Å². The number of nitrogens with one attached hydrogen (secondary N) is 2. The number of hydrogen-bond donors (Lipinski definition) is 3. The third-order valence-electron chi connectivity index (χ3n) is 4.20. The van der Waals surface area contributed by atoms with Gasteiger partial charge in [0.25, 0.3) is 11.8 Å². The molecule has 4 N–H and O–H groups in total. The van der Waals surface area contributed by atoms with Crippen molar-refractivity contribution in [2.24, 2.45) is 5.73 Å². The number of hydrogen-bond acceptors (Lipinski definition) is 4. The summed E-state index contributed by atoms with van der Waals surface area (Å²) in [6.07, 6.45) is 4.01. The largest absolute Gasteiger partial charge is 0.482 e. The Morgan fingerprint density at radius 1 is 1.36 bits per heavy atom. The highest BCUT2D eigenvalue weighted by Gasteiger charge is 2.34. The van der Waals surface area contributed by atoms with Crippen LogP contribution in [0.5, 0.6) is 5.75 Å². The highest BCUT2D eigenvalue weighted by Crippen LogP contribution is 2.31. The molecule has 0 unspecified atom stereocenters. The molecule has 1 aliphatic carbocycles. The van der Waals surface area contributed by atoms with Crippen LogP contribution < -0.4 is 21.1 Å². The normalized spacial score (nSPS) is 18.5. The fourth-order valence-corrected chi connectivity index (χ4v) is 2.97. The highest BCUT2D eigenvalue weighted by atomic mass is 35.5. The van der Waals surface area contributed by atoms with Crippen LogP contribution in [-0.2, 0) is 4.79 Å². The highest BCUT2D eigenvalue weighted by molar-refractivity contribution is 6.00. The van der Waals surface area contributed by atoms with Gasteiger partial charge in [-0.3, -0.25) is 9.59 Å². The number of halogens is 1. The van der Waals surface area contributed by atoms with Gasteiger partial charge >= 0.3 is 0 Å². The van der Waals surface area contributed by atoms with Gasteiger partial charge in [0.1, 0.15) is 5.75 Å². The van der Waals surface area contributed by atoms with Crippen molar-refractivity contribution in [3.63, 3.8) is 0 Å². The second-order valence-electron chi connectivity index (χ2n) is 5.69. The number of anilines is 1. The lowest BCUT2D eigenvalue weighted by atomic mass is 9.97. The Balaban J connectivity index is 0.00000176. The number of nitrogens with two attached hydrogens (primary N) is 1. The summed E-state index contributed by atoms with van der Waals surface area (Å²) in [7, 11) is 0. The minimum Gasteiger partial charge on any atom is -0.482 e. The van der Waals surface area contributed by atoms with E-state index in [2.05, 4.69) is 10.6 Å². The second-order valence-corrected chi connectivity index (χ2v) is 5.69. The third-order valence-corrected chi connectivity index (χ3v) is 4.20. The molecule has 0 aromatic heterocycles. The molecular formula is C15H20ClN3O3. The summed E-state index contributed by atoms with van der Waals surface area (Å²) >= 11 is 0. The molecule has 1 fully saturated rings. The maximum Gasteiger partial charge on any atom is 0.262 e. The molecule has 0 radical (unpaired) electrons. The molecule has 7 heteroatoms. The molecule has 2 aliphatic rings. The van der Waals surface area contributed by atoms with E-state index < -0.39 is 0 Å². The number of fused-ring (bicyclic) bond motifs is 1. The van der Waals surface area contributed by atoms with E-state index in [1.54, 1.807) is 18.2 Å². The standard InChI is InChI=1S/C15H19N3O3.ClH/c16-9-15(5-1-2-6-15)18-14(20)10-3-4-12-11(7-10)17-13(19)8-21-12;/h3-4,7H,1-2,5-6,8-9,16H2,(H,17,19)(H,18,20);1H. The fourth-order valence-electron chi connectivity index (χ4n) is 2.97. The van der Waals surface area contributed by atoms with E-state index in [9.17, 15) is 9.59 Å². The van der Waals surface area contributed by atoms with E-state index >= 15 is 0 Å². The molecule has 1 aliphatic heterocycles. The van der Waals surface area contributed by atoms with Gasteiger partial charge in [-0.05, 0) is 31.0 Å². The molecule has 22 heavy (non-hydrogen) atoms. The Hall–Kier alpha value is -1.79. The van der Waals surface area contributed by atoms with Gasteiger partial charge in [0, 0.05) is 12.1 Å². The first-order valence-corrected chi connectivity index (χ1v) is 7.21. The Morgan fingerprint density at radius 2 is 2.09 bits per heavy atom. The van der Waals surface area contributed by atoms with Gasteiger partial charge in [-0.2, -0.15) is 0 Å². The SMILES string of the molecule is Cl.NCC1(NC(=O)c2ccc3c(c2)NC(=O)CO3)CCCC1. The van der Waals surface area contributed by atoms with E-state index in [0.29, 0.717) is 23.5 Å². The van der Waals surface area contributed by atoms with E-state index in [0.717, 1.165) is 25.7 Å². The van der Waals surface area contributed by atoms with E-state index in [1.807, 2.05) is 0 Å². The first kappa shape index (κ1) is 16.6. The first-order valence-electron chi connectivity index (χ1n) is 7.21. The van der Waals surface area contributed by atoms with Crippen LogP contribution in [0.3, 0.4) is 0 Å². The molecule has 0 bridgehead atoms. The monoisotopic (exact) mass is 325 g/mol. The second kappa shape index (κ2) is 6.54. The minimum atomic E-state index is -0.285. The maximum absolute atomic E-state index is 12.4. The summed E-state index contributed by atoms with van der Waals surface area (Å²) in [5, 5.41) is 5.76. The van der Waals surface area contributed by atoms with Crippen LogP contribution in [0.15, 0.2) is 18.2 Å². The smallest absolute Gasteiger partial charge is 0.262 e. The van der Waals surface area contributed by atoms with Crippen LogP contribution in [0.2, 0.25) is 0 Å². The number of carbonyl (C=O) groups excluding carboxylic acids is 2. The predicted octanol–water partition coefficient (Wildman–Crippen LogP) is 1.44. The Bertz CT molecular complexity index is 585. The van der Waals surface area contributed by atoms with Crippen LogP contribution >= 0.6 is 12.4 Å². The summed E-state index contributed by atoms with van der Waals surface area (Å²) in [6, 6.07) is 5.04. The van der Waals surface area contributed by atoms with Gasteiger partial charge in [-0.15, -0.1) is 12.4 Å². The minimum absolute atomic E-state index is 0. The van der Waals surface area contributed by atoms with E-state index in [1.165, 1.54) is 0 Å². The molecule has 0 saturated heterocycles. The number of ether oxygens (including phenoxy) is 1. The molecule has 0 atom stereocenters. The molecule has 1 saturated carbocycles. The van der Waals surface area contributed by atoms with Gasteiger partial charge in [-0.1, -0.05) is 12.8 Å². The lowest BCUT2D eigenvalue weighted by Gasteiger charge is -2.29. The van der Waals surface area contributed by atoms with E-state index in [-0.39, 0.29) is 36.4 Å². The number of benzene rings is 1. The van der Waals surface area contributed by atoms with Crippen molar-refractivity contribution in [1.82, 2.24) is 5.32 Å². The molecule has 6 nitrogen and oxygen atoms in total. The molecule has 3 rings (SSSR count). The first-order chi connectivity index (χ1) is 10.1. The van der Waals surface area contributed by atoms with Crippen molar-refractivity contribution in [2.75, 3.05) is 18.5 Å². The van der Waals surface area contributed by atoms with E-state index in [4.69, 9.17) is 10.5 Å². The van der Waals surface area contributed by atoms with Crippen molar-refractivity contribution >= 4 is 29.9 Å². The summed E-state index contributed by atoms with van der Waals surface area (Å²) < 4.78 is 5.28. The van der Waals surface area contributed by atoms with Crippen molar-refractivity contribution in [3.8, 4) is 5.75 Å². The van der Waals surface area contributed by atoms with Gasteiger partial charge in [-0.25, -0.2) is 0 Å². The maximum atomic E-state index is 12.4. The van der Waals surface area contributed by atoms with Gasteiger partial charge in [0.2, 0.25) is 0 Å². The summed E-state index contributed by atoms with van der Waals surface area (Å²) in [5.41, 5.74) is 6.58. The average Bonchev–Trinajstić information content (AvgIpc) is 2.95. The van der Waals surface area contributed by atoms with Crippen molar-refractivity contribution in [3.05, 3.63) is 23.8 Å². The third kappa shape index (κ3) is 3.18. The van der Waals surface area contributed by atoms with Crippen molar-refractivity contribution in [1.29, 1.82) is 0 Å². The fraction of sp³-hybridized carbons (Fsp3) is 0.467. The van der Waals surface area contributed by atoms with Crippen molar-refractivity contribution < 1.29 is 14.3 Å². The van der Waals surface area contributed by atoms with Gasteiger partial charge < -0.3 is 21.1 Å². The number of rotatable bonds is 3. The molecule has 2 amide bonds. The predicted molar refractivity (Wildman–Crippen MR) is 85.5 cm³/mol. The molecule has 1 aromatic carbocycles. The summed E-state index contributed by atoms with van der Waals surface area (Å²) in [4.78, 5) is 23.7. The molecule has 0 spiro atoms. The van der Waals surface area contributed by atoms with Gasteiger partial charge in [0.15, 0.2) is 6.61 Å². The van der Waals surface area contributed by atoms with Crippen LogP contribution in [0.1, 0.15) is 36.0 Å². The zero-order valence-electron chi connectivity index (χ0n) is 12.2. The molecule has 1 aromatic rings. The Labute approximate surface area is 135 Å². The zero-order chi connectivity index (χ0) is 14.9. The van der Waals surface area contributed by atoms with Crippen molar-refractivity contribution in [2.45, 2.75) is 31.2 Å². The Kier molecular flexibility index (Phi) is 4.93. The lowest BCUT2D eigenvalue weighted by molar-refractivity contribution is -0.118. The lowest BCUT2D eigenvalue weighted by Crippen LogP contribution is -2.51. The average molecular weight is 326 g/mol. The van der Waals surface area contributed by atoms with Gasteiger partial charge in [0.05, 0.1) is 11.2 Å². The van der Waals surface area contributed by atoms with Crippen LogP contribution in [-0.4, -0.2) is 30.5 Å². The van der Waals surface area contributed by atoms with Crippen LogP contribution in [0, 0.1) is 0 Å². The zero-order valence-corrected chi connectivity index (χ0v) is 13.0. The topological polar surface area (TPSA) is 93.5 Å². The quantitative estimate of drug-likeness (QED) is 0.784. The van der Waals surface area contributed by atoms with Crippen LogP contribution in [0.25, 0.3) is 0 Å². The molecule has 1 heterocycles. The molecule has 120 valence electrons.